The van der Waals surface area contributed by atoms with Crippen LogP contribution in [0.2, 0.25) is 0 Å². The first-order chi connectivity index (χ1) is 12.8. The van der Waals surface area contributed by atoms with Crippen LogP contribution < -0.4 is 10.1 Å². The topological polar surface area (TPSA) is 47.0 Å². The number of aryl methyl sites for hydroxylation is 1. The summed E-state index contributed by atoms with van der Waals surface area (Å²) in [6.45, 7) is 6.02. The highest BCUT2D eigenvalue weighted by atomic mass is 19.4. The van der Waals surface area contributed by atoms with Crippen molar-refractivity contribution in [3.05, 3.63) is 41.6 Å². The van der Waals surface area contributed by atoms with E-state index < -0.39 is 17.6 Å². The Morgan fingerprint density at radius 3 is 2.41 bits per heavy atom. The van der Waals surface area contributed by atoms with E-state index in [0.717, 1.165) is 19.0 Å². The Kier molecular flexibility index (Phi) is 7.45. The van der Waals surface area contributed by atoms with Gasteiger partial charge in [0.25, 0.3) is 0 Å². The Bertz CT molecular complexity index is 715. The molecule has 0 fully saturated rings. The van der Waals surface area contributed by atoms with Gasteiger partial charge in [-0.15, -0.1) is 0 Å². The van der Waals surface area contributed by atoms with Crippen molar-refractivity contribution in [3.8, 4) is 5.88 Å². The van der Waals surface area contributed by atoms with Crippen LogP contribution in [0, 0.1) is 5.92 Å². The van der Waals surface area contributed by atoms with E-state index in [1.54, 1.807) is 0 Å². The van der Waals surface area contributed by atoms with Gasteiger partial charge in [-0.3, -0.25) is 0 Å². The largest absolute Gasteiger partial charge is 0.477 e. The molecule has 1 aromatic carbocycles. The minimum Gasteiger partial charge on any atom is -0.477 e. The second-order valence-electron chi connectivity index (χ2n) is 6.89. The van der Waals surface area contributed by atoms with Crippen molar-refractivity contribution in [1.29, 1.82) is 0 Å². The number of unbranched alkanes of at least 4 members (excludes halogenated alkanes) is 2. The Morgan fingerprint density at radius 1 is 1.11 bits per heavy atom. The van der Waals surface area contributed by atoms with Crippen LogP contribution in [-0.4, -0.2) is 16.6 Å². The van der Waals surface area contributed by atoms with Gasteiger partial charge < -0.3 is 10.1 Å². The molecule has 7 heteroatoms. The third-order valence-electron chi connectivity index (χ3n) is 3.89. The maximum absolute atomic E-state index is 13.1. The van der Waals surface area contributed by atoms with Crippen molar-refractivity contribution in [2.75, 3.05) is 11.9 Å². The van der Waals surface area contributed by atoms with E-state index in [4.69, 9.17) is 4.74 Å². The molecule has 0 saturated heterocycles. The molecule has 0 spiro atoms. The van der Waals surface area contributed by atoms with Crippen molar-refractivity contribution in [3.63, 3.8) is 0 Å². The number of halogens is 3. The van der Waals surface area contributed by atoms with Crippen molar-refractivity contribution in [2.45, 2.75) is 52.6 Å². The van der Waals surface area contributed by atoms with Crippen molar-refractivity contribution in [1.82, 2.24) is 9.97 Å². The Hall–Kier alpha value is -2.31. The van der Waals surface area contributed by atoms with Crippen LogP contribution in [0.15, 0.2) is 30.5 Å². The number of aromatic nitrogens is 2. The molecule has 0 amide bonds. The van der Waals surface area contributed by atoms with Gasteiger partial charge in [-0.1, -0.05) is 45.7 Å². The molecule has 0 unspecified atom stereocenters. The lowest BCUT2D eigenvalue weighted by Gasteiger charge is -2.15. The third-order valence-corrected chi connectivity index (χ3v) is 3.89. The van der Waals surface area contributed by atoms with Crippen LogP contribution in [-0.2, 0) is 12.6 Å². The molecule has 0 aliphatic carbocycles. The van der Waals surface area contributed by atoms with Gasteiger partial charge in [0, 0.05) is 11.9 Å². The zero-order valence-electron chi connectivity index (χ0n) is 15.9. The zero-order valence-corrected chi connectivity index (χ0v) is 15.9. The summed E-state index contributed by atoms with van der Waals surface area (Å²) in [4.78, 5) is 7.71. The van der Waals surface area contributed by atoms with Crippen LogP contribution in [0.4, 0.5) is 24.8 Å². The summed E-state index contributed by atoms with van der Waals surface area (Å²) in [5.41, 5.74) is 0.965. The van der Waals surface area contributed by atoms with Crippen LogP contribution in [0.1, 0.15) is 51.2 Å². The fourth-order valence-corrected chi connectivity index (χ4v) is 2.44. The fourth-order valence-electron chi connectivity index (χ4n) is 2.44. The van der Waals surface area contributed by atoms with E-state index in [-0.39, 0.29) is 18.5 Å². The first kappa shape index (κ1) is 21.0. The monoisotopic (exact) mass is 381 g/mol. The molecule has 0 saturated carbocycles. The van der Waals surface area contributed by atoms with Crippen molar-refractivity contribution >= 4 is 11.6 Å². The van der Waals surface area contributed by atoms with E-state index >= 15 is 0 Å². The molecule has 0 aliphatic rings. The molecule has 0 aliphatic heterocycles. The molecule has 0 bridgehead atoms. The molecule has 4 nitrogen and oxygen atoms in total. The van der Waals surface area contributed by atoms with Gasteiger partial charge in [-0.25, -0.2) is 4.98 Å². The van der Waals surface area contributed by atoms with Gasteiger partial charge >= 0.3 is 6.18 Å². The number of anilines is 2. The van der Waals surface area contributed by atoms with Crippen molar-refractivity contribution in [2.24, 2.45) is 5.92 Å². The van der Waals surface area contributed by atoms with E-state index in [1.807, 2.05) is 38.1 Å². The van der Waals surface area contributed by atoms with E-state index in [1.165, 1.54) is 18.4 Å². The number of alkyl halides is 3. The minimum atomic E-state index is -4.56. The van der Waals surface area contributed by atoms with Gasteiger partial charge in [0.15, 0.2) is 0 Å². The smallest absolute Gasteiger partial charge is 0.423 e. The van der Waals surface area contributed by atoms with Crippen LogP contribution in [0.3, 0.4) is 0 Å². The van der Waals surface area contributed by atoms with Crippen LogP contribution in [0.25, 0.3) is 0 Å². The Morgan fingerprint density at radius 2 is 1.81 bits per heavy atom. The summed E-state index contributed by atoms with van der Waals surface area (Å²) < 4.78 is 44.6. The van der Waals surface area contributed by atoms with E-state index in [9.17, 15) is 13.2 Å². The maximum atomic E-state index is 13.1. The number of nitrogens with zero attached hydrogens (tertiary/aromatic N) is 2. The number of nitrogens with one attached hydrogen (secondary N) is 1. The SMILES string of the molecule is CCCCCc1ccc(Nc2ncc(C(F)(F)F)c(OCC(C)C)n2)cc1. The number of rotatable bonds is 9. The Labute approximate surface area is 158 Å². The average Bonchev–Trinajstić information content (AvgIpc) is 2.61. The predicted molar refractivity (Wildman–Crippen MR) is 100 cm³/mol. The fraction of sp³-hybridized carbons (Fsp3) is 0.500. The zero-order chi connectivity index (χ0) is 19.9. The lowest BCUT2D eigenvalue weighted by Crippen LogP contribution is -2.14. The first-order valence-electron chi connectivity index (χ1n) is 9.22. The third kappa shape index (κ3) is 6.73. The molecule has 0 radical (unpaired) electrons. The first-order valence-corrected chi connectivity index (χ1v) is 9.22. The molecule has 2 rings (SSSR count). The summed E-state index contributed by atoms with van der Waals surface area (Å²) in [5, 5.41) is 2.94. The Balaban J connectivity index is 2.12. The highest BCUT2D eigenvalue weighted by Gasteiger charge is 2.36. The summed E-state index contributed by atoms with van der Waals surface area (Å²) in [5.74, 6) is -0.303. The molecule has 1 heterocycles. The van der Waals surface area contributed by atoms with Gasteiger partial charge in [-0.2, -0.15) is 18.2 Å². The quantitative estimate of drug-likeness (QED) is 0.541. The number of benzene rings is 1. The molecule has 2 aromatic rings. The van der Waals surface area contributed by atoms with Crippen LogP contribution in [0.5, 0.6) is 5.88 Å². The van der Waals surface area contributed by atoms with Crippen molar-refractivity contribution < 1.29 is 17.9 Å². The predicted octanol–water partition coefficient (Wildman–Crippen LogP) is 6.01. The van der Waals surface area contributed by atoms with Gasteiger partial charge in [0.05, 0.1) is 6.61 Å². The number of hydrogen-bond donors (Lipinski definition) is 1. The van der Waals surface area contributed by atoms with Gasteiger partial charge in [-0.05, 0) is 36.5 Å². The summed E-state index contributed by atoms with van der Waals surface area (Å²) in [6.07, 6.45) is 0.708. The highest BCUT2D eigenvalue weighted by Crippen LogP contribution is 2.35. The summed E-state index contributed by atoms with van der Waals surface area (Å²) >= 11 is 0. The average molecular weight is 381 g/mol. The molecule has 148 valence electrons. The molecule has 1 N–H and O–H groups in total. The second kappa shape index (κ2) is 9.58. The van der Waals surface area contributed by atoms with Gasteiger partial charge in [0.2, 0.25) is 11.8 Å². The van der Waals surface area contributed by atoms with E-state index in [0.29, 0.717) is 5.69 Å². The lowest BCUT2D eigenvalue weighted by molar-refractivity contribution is -0.139. The molecule has 1 aromatic heterocycles. The molecule has 27 heavy (non-hydrogen) atoms. The van der Waals surface area contributed by atoms with Crippen LogP contribution >= 0.6 is 0 Å². The van der Waals surface area contributed by atoms with Gasteiger partial charge in [0.1, 0.15) is 5.56 Å². The number of ether oxygens (including phenoxy) is 1. The van der Waals surface area contributed by atoms with E-state index in [2.05, 4.69) is 22.2 Å². The molecular weight excluding hydrogens is 355 g/mol. The standard InChI is InChI=1S/C20H26F3N3O/c1-4-5-6-7-15-8-10-16(11-9-15)25-19-24-12-17(20(21,22)23)18(26-19)27-13-14(2)3/h8-12,14H,4-7,13H2,1-3H3,(H,24,25,26). The summed E-state index contributed by atoms with van der Waals surface area (Å²) in [6, 6.07) is 7.74. The minimum absolute atomic E-state index is 0.0699. The highest BCUT2D eigenvalue weighted by molar-refractivity contribution is 5.54. The second-order valence-corrected chi connectivity index (χ2v) is 6.89. The maximum Gasteiger partial charge on any atom is 0.423 e. The lowest BCUT2D eigenvalue weighted by atomic mass is 10.1. The molecule has 0 atom stereocenters. The summed E-state index contributed by atoms with van der Waals surface area (Å²) in [7, 11) is 0. The normalized spacial score (nSPS) is 11.7. The number of hydrogen-bond acceptors (Lipinski definition) is 4. The molecular formula is C20H26F3N3O.